The summed E-state index contributed by atoms with van der Waals surface area (Å²) in [4.78, 5) is 6.61. The summed E-state index contributed by atoms with van der Waals surface area (Å²) in [5.41, 5.74) is -0.663. The zero-order valence-electron chi connectivity index (χ0n) is 14.7. The number of hydrogen-bond acceptors (Lipinski definition) is 4. The van der Waals surface area contributed by atoms with Crippen LogP contribution in [0.3, 0.4) is 0 Å². The maximum Gasteiger partial charge on any atom is 0.193 e. The molecule has 8 heteroatoms. The van der Waals surface area contributed by atoms with E-state index in [1.807, 2.05) is 37.1 Å². The first-order valence-corrected chi connectivity index (χ1v) is 9.73. The van der Waals surface area contributed by atoms with Gasteiger partial charge >= 0.3 is 0 Å². The Bertz CT molecular complexity index is 556. The molecule has 1 atom stereocenters. The van der Waals surface area contributed by atoms with Gasteiger partial charge in [0.2, 0.25) is 0 Å². The first kappa shape index (κ1) is 22.7. The van der Waals surface area contributed by atoms with Crippen molar-refractivity contribution in [1.82, 2.24) is 10.2 Å². The van der Waals surface area contributed by atoms with Crippen molar-refractivity contribution in [2.24, 2.45) is 4.99 Å². The Balaban J connectivity index is 0.00000312. The van der Waals surface area contributed by atoms with Crippen LogP contribution in [0.5, 0.6) is 5.75 Å². The zero-order valence-corrected chi connectivity index (χ0v) is 18.6. The largest absolute Gasteiger partial charge is 0.492 e. The molecular formula is C17H27ClIN3O2S. The first-order chi connectivity index (χ1) is 11.5. The van der Waals surface area contributed by atoms with Crippen molar-refractivity contribution in [1.29, 1.82) is 0 Å². The van der Waals surface area contributed by atoms with Crippen LogP contribution in [-0.4, -0.2) is 66.4 Å². The van der Waals surface area contributed by atoms with Crippen molar-refractivity contribution in [3.8, 4) is 5.75 Å². The minimum Gasteiger partial charge on any atom is -0.492 e. The molecule has 5 nitrogen and oxygen atoms in total. The summed E-state index contributed by atoms with van der Waals surface area (Å²) in [7, 11) is 1.97. The minimum atomic E-state index is -0.663. The normalized spacial score (nSPS) is 20.1. The Morgan fingerprint density at radius 2 is 2.32 bits per heavy atom. The summed E-state index contributed by atoms with van der Waals surface area (Å²) >= 11 is 7.73. The van der Waals surface area contributed by atoms with Crippen LogP contribution in [0, 0.1) is 0 Å². The van der Waals surface area contributed by atoms with Crippen molar-refractivity contribution >= 4 is 53.3 Å². The van der Waals surface area contributed by atoms with E-state index in [4.69, 9.17) is 16.3 Å². The fraction of sp³-hybridized carbons (Fsp3) is 0.588. The van der Waals surface area contributed by atoms with E-state index in [1.54, 1.807) is 17.8 Å². The molecule has 1 heterocycles. The number of aliphatic imine (C=N–C) groups is 1. The smallest absolute Gasteiger partial charge is 0.193 e. The summed E-state index contributed by atoms with van der Waals surface area (Å²) in [6, 6.07) is 7.38. The van der Waals surface area contributed by atoms with Gasteiger partial charge in [0, 0.05) is 24.4 Å². The van der Waals surface area contributed by atoms with Crippen molar-refractivity contribution in [3.05, 3.63) is 29.3 Å². The summed E-state index contributed by atoms with van der Waals surface area (Å²) < 4.78 is 5.72. The molecule has 0 aromatic heterocycles. The van der Waals surface area contributed by atoms with E-state index in [-0.39, 0.29) is 24.0 Å². The molecule has 0 spiro atoms. The SMILES string of the molecule is CCNC(=NCC1(O)CCSC1)N(C)CCOc1cccc(Cl)c1.I. The second kappa shape index (κ2) is 11.4. The molecule has 25 heavy (non-hydrogen) atoms. The molecule has 1 unspecified atom stereocenters. The van der Waals surface area contributed by atoms with Gasteiger partial charge in [0.15, 0.2) is 5.96 Å². The number of thioether (sulfide) groups is 1. The highest BCUT2D eigenvalue weighted by atomic mass is 127. The molecule has 0 saturated carbocycles. The predicted molar refractivity (Wildman–Crippen MR) is 118 cm³/mol. The molecule has 1 fully saturated rings. The van der Waals surface area contributed by atoms with E-state index in [0.717, 1.165) is 36.2 Å². The molecule has 142 valence electrons. The van der Waals surface area contributed by atoms with Gasteiger partial charge in [-0.1, -0.05) is 17.7 Å². The van der Waals surface area contributed by atoms with E-state index in [2.05, 4.69) is 10.3 Å². The van der Waals surface area contributed by atoms with Gasteiger partial charge in [-0.15, -0.1) is 24.0 Å². The summed E-state index contributed by atoms with van der Waals surface area (Å²) in [6.07, 6.45) is 0.808. The maximum absolute atomic E-state index is 10.4. The highest BCUT2D eigenvalue weighted by Gasteiger charge is 2.31. The standard InChI is InChI=1S/C17H26ClN3O2S.HI/c1-3-19-16(20-12-17(22)7-10-24-13-17)21(2)8-9-23-15-6-4-5-14(18)11-15;/h4-6,11,22H,3,7-10,12-13H2,1-2H3,(H,19,20);1H. The highest BCUT2D eigenvalue weighted by molar-refractivity contribution is 14.0. The molecule has 1 saturated heterocycles. The second-order valence-electron chi connectivity index (χ2n) is 5.92. The number of halogens is 2. The molecule has 2 N–H and O–H groups in total. The number of rotatable bonds is 7. The average molecular weight is 500 g/mol. The van der Waals surface area contributed by atoms with Crippen LogP contribution in [0.25, 0.3) is 0 Å². The second-order valence-corrected chi connectivity index (χ2v) is 7.47. The fourth-order valence-electron chi connectivity index (χ4n) is 2.38. The van der Waals surface area contributed by atoms with Gasteiger partial charge in [-0.2, -0.15) is 11.8 Å². The number of nitrogens with zero attached hydrogens (tertiary/aromatic N) is 2. The fourth-order valence-corrected chi connectivity index (χ4v) is 3.84. The van der Waals surface area contributed by atoms with Gasteiger partial charge in [-0.3, -0.25) is 4.99 Å². The van der Waals surface area contributed by atoms with Crippen LogP contribution in [-0.2, 0) is 0 Å². The van der Waals surface area contributed by atoms with Crippen LogP contribution in [0.1, 0.15) is 13.3 Å². The summed E-state index contributed by atoms with van der Waals surface area (Å²) in [5.74, 6) is 3.32. The number of ether oxygens (including phenoxy) is 1. The lowest BCUT2D eigenvalue weighted by Crippen LogP contribution is -2.42. The number of likely N-dealkylation sites (N-methyl/N-ethyl adjacent to an activating group) is 1. The Labute approximate surface area is 176 Å². The number of hydrogen-bond donors (Lipinski definition) is 2. The van der Waals surface area contributed by atoms with Gasteiger partial charge in [-0.25, -0.2) is 0 Å². The third-order valence-corrected chi connectivity index (χ3v) is 5.26. The van der Waals surface area contributed by atoms with E-state index >= 15 is 0 Å². The zero-order chi connectivity index (χ0) is 17.4. The van der Waals surface area contributed by atoms with Crippen LogP contribution in [0.4, 0.5) is 0 Å². The lowest BCUT2D eigenvalue weighted by Gasteiger charge is -2.24. The molecule has 1 aliphatic heterocycles. The van der Waals surface area contributed by atoms with Gasteiger partial charge in [0.25, 0.3) is 0 Å². The van der Waals surface area contributed by atoms with Crippen LogP contribution < -0.4 is 10.1 Å². The Morgan fingerprint density at radius 3 is 2.96 bits per heavy atom. The van der Waals surface area contributed by atoms with Gasteiger partial charge in [0.05, 0.1) is 18.7 Å². The topological polar surface area (TPSA) is 57.1 Å². The molecular weight excluding hydrogens is 473 g/mol. The molecule has 0 amide bonds. The van der Waals surface area contributed by atoms with Crippen molar-refractivity contribution < 1.29 is 9.84 Å². The number of guanidine groups is 1. The lowest BCUT2D eigenvalue weighted by atomic mass is 10.1. The van der Waals surface area contributed by atoms with Crippen LogP contribution in [0.15, 0.2) is 29.3 Å². The van der Waals surface area contributed by atoms with E-state index in [9.17, 15) is 5.11 Å². The average Bonchev–Trinajstić information content (AvgIpc) is 2.98. The van der Waals surface area contributed by atoms with Crippen LogP contribution >= 0.6 is 47.3 Å². The lowest BCUT2D eigenvalue weighted by molar-refractivity contribution is 0.0776. The van der Waals surface area contributed by atoms with Gasteiger partial charge in [-0.05, 0) is 37.3 Å². The van der Waals surface area contributed by atoms with E-state index < -0.39 is 5.60 Å². The molecule has 1 aromatic rings. The van der Waals surface area contributed by atoms with E-state index in [1.165, 1.54) is 0 Å². The van der Waals surface area contributed by atoms with Crippen molar-refractivity contribution in [3.63, 3.8) is 0 Å². The molecule has 1 aromatic carbocycles. The number of aliphatic hydroxyl groups is 1. The third-order valence-electron chi connectivity index (χ3n) is 3.79. The number of benzene rings is 1. The van der Waals surface area contributed by atoms with Gasteiger partial charge < -0.3 is 20.1 Å². The minimum absolute atomic E-state index is 0. The molecule has 0 bridgehead atoms. The van der Waals surface area contributed by atoms with Gasteiger partial charge in [0.1, 0.15) is 12.4 Å². The van der Waals surface area contributed by atoms with E-state index in [0.29, 0.717) is 24.7 Å². The quantitative estimate of drug-likeness (QED) is 0.343. The molecule has 0 radical (unpaired) electrons. The van der Waals surface area contributed by atoms with Crippen LogP contribution in [0.2, 0.25) is 5.02 Å². The Hall–Kier alpha value is -0.380. The molecule has 2 rings (SSSR count). The highest BCUT2D eigenvalue weighted by Crippen LogP contribution is 2.27. The Morgan fingerprint density at radius 1 is 1.52 bits per heavy atom. The third kappa shape index (κ3) is 7.80. The monoisotopic (exact) mass is 499 g/mol. The number of nitrogens with one attached hydrogen (secondary N) is 1. The van der Waals surface area contributed by atoms with Crippen molar-refractivity contribution in [2.75, 3.05) is 44.8 Å². The Kier molecular flexibility index (Phi) is 10.3. The van der Waals surface area contributed by atoms with Crippen molar-refractivity contribution in [2.45, 2.75) is 18.9 Å². The first-order valence-electron chi connectivity index (χ1n) is 8.20. The summed E-state index contributed by atoms with van der Waals surface area (Å²) in [5, 5.41) is 14.4. The molecule has 0 aliphatic carbocycles. The molecule has 1 aliphatic rings. The predicted octanol–water partition coefficient (Wildman–Crippen LogP) is 3.10. The maximum atomic E-state index is 10.4. The summed E-state index contributed by atoms with van der Waals surface area (Å²) in [6.45, 7) is 4.46.